The quantitative estimate of drug-likeness (QED) is 0.178. The van der Waals surface area contributed by atoms with Gasteiger partial charge < -0.3 is 4.74 Å². The minimum atomic E-state index is -0.469. The highest BCUT2D eigenvalue weighted by molar-refractivity contribution is 5.89. The fourth-order valence-corrected chi connectivity index (χ4v) is 8.89. The molecule has 0 atom stereocenters. The molecule has 0 radical (unpaired) electrons. The molecule has 0 saturated carbocycles. The highest BCUT2D eigenvalue weighted by Gasteiger charge is 2.50. The van der Waals surface area contributed by atoms with Gasteiger partial charge in [0.15, 0.2) is 5.82 Å². The van der Waals surface area contributed by atoms with Crippen LogP contribution in [0.15, 0.2) is 206 Å². The van der Waals surface area contributed by atoms with Crippen molar-refractivity contribution in [3.05, 3.63) is 229 Å². The van der Waals surface area contributed by atoms with Crippen LogP contribution in [0.1, 0.15) is 22.3 Å². The lowest BCUT2D eigenvalue weighted by molar-refractivity contribution is 0.436. The van der Waals surface area contributed by atoms with Gasteiger partial charge in [-0.2, -0.15) is 0 Å². The Labute approximate surface area is 326 Å². The van der Waals surface area contributed by atoms with Crippen molar-refractivity contribution in [2.24, 2.45) is 0 Å². The number of benzene rings is 8. The lowest BCUT2D eigenvalue weighted by Crippen LogP contribution is -2.32. The molecule has 3 nitrogen and oxygen atoms in total. The predicted octanol–water partition coefficient (Wildman–Crippen LogP) is 13.3. The Kier molecular flexibility index (Phi) is 7.39. The molecule has 11 rings (SSSR count). The highest BCUT2D eigenvalue weighted by Crippen LogP contribution is 2.62. The maximum atomic E-state index is 6.78. The van der Waals surface area contributed by atoms with Gasteiger partial charge in [0.1, 0.15) is 11.5 Å². The first-order valence-corrected chi connectivity index (χ1v) is 19.1. The summed E-state index contributed by atoms with van der Waals surface area (Å²) in [5.74, 6) is 2.47. The number of nitrogens with zero attached hydrogens (tertiary/aromatic N) is 2. The monoisotopic (exact) mass is 714 g/mol. The van der Waals surface area contributed by atoms with Crippen LogP contribution in [0.2, 0.25) is 0 Å². The van der Waals surface area contributed by atoms with E-state index in [4.69, 9.17) is 14.7 Å². The van der Waals surface area contributed by atoms with E-state index in [2.05, 4.69) is 170 Å². The van der Waals surface area contributed by atoms with Crippen molar-refractivity contribution in [3.8, 4) is 78.8 Å². The Balaban J connectivity index is 0.997. The fraction of sp³-hybridized carbons (Fsp3) is 0.0189. The number of hydrogen-bond acceptors (Lipinski definition) is 3. The van der Waals surface area contributed by atoms with Crippen molar-refractivity contribution in [3.63, 3.8) is 0 Å². The predicted molar refractivity (Wildman–Crippen MR) is 227 cm³/mol. The maximum absolute atomic E-state index is 6.78. The Morgan fingerprint density at radius 3 is 1.39 bits per heavy atom. The molecule has 0 amide bonds. The number of rotatable bonds is 5. The molecule has 1 aliphatic heterocycles. The average molecular weight is 715 g/mol. The van der Waals surface area contributed by atoms with Crippen molar-refractivity contribution < 1.29 is 4.74 Å². The summed E-state index contributed by atoms with van der Waals surface area (Å²) in [7, 11) is 0. The molecule has 8 aromatic carbocycles. The molecule has 1 aromatic heterocycles. The average Bonchev–Trinajstić information content (AvgIpc) is 3.57. The molecule has 1 aliphatic carbocycles. The van der Waals surface area contributed by atoms with E-state index in [-0.39, 0.29) is 0 Å². The van der Waals surface area contributed by atoms with Crippen LogP contribution in [0.25, 0.3) is 67.3 Å². The molecule has 0 saturated heterocycles. The van der Waals surface area contributed by atoms with E-state index in [1.807, 2.05) is 36.4 Å². The first-order chi connectivity index (χ1) is 27.8. The zero-order valence-corrected chi connectivity index (χ0v) is 30.4. The maximum Gasteiger partial charge on any atom is 0.161 e. The Hall–Kier alpha value is -7.36. The van der Waals surface area contributed by atoms with Crippen LogP contribution in [0.4, 0.5) is 0 Å². The lowest BCUT2D eigenvalue weighted by Gasteiger charge is -2.39. The van der Waals surface area contributed by atoms with Crippen molar-refractivity contribution in [1.82, 2.24) is 9.97 Å². The van der Waals surface area contributed by atoms with Crippen LogP contribution in [0.5, 0.6) is 11.5 Å². The van der Waals surface area contributed by atoms with Crippen LogP contribution < -0.4 is 4.74 Å². The fourth-order valence-electron chi connectivity index (χ4n) is 8.89. The van der Waals surface area contributed by atoms with Crippen molar-refractivity contribution in [2.45, 2.75) is 5.41 Å². The van der Waals surface area contributed by atoms with Crippen LogP contribution in [0.3, 0.4) is 0 Å². The summed E-state index contributed by atoms with van der Waals surface area (Å²) in [6.07, 6.45) is 0. The van der Waals surface area contributed by atoms with Gasteiger partial charge in [-0.05, 0) is 62.7 Å². The Bertz CT molecular complexity index is 2830. The minimum Gasteiger partial charge on any atom is -0.457 e. The topological polar surface area (TPSA) is 35.0 Å². The number of hydrogen-bond donors (Lipinski definition) is 0. The van der Waals surface area contributed by atoms with E-state index in [1.165, 1.54) is 27.8 Å². The van der Waals surface area contributed by atoms with Gasteiger partial charge in [0.05, 0.1) is 16.8 Å². The van der Waals surface area contributed by atoms with E-state index >= 15 is 0 Å². The number of aromatic nitrogens is 2. The zero-order valence-electron chi connectivity index (χ0n) is 30.4. The number of para-hydroxylation sites is 1. The van der Waals surface area contributed by atoms with Gasteiger partial charge in [-0.25, -0.2) is 9.97 Å². The molecule has 0 bridgehead atoms. The van der Waals surface area contributed by atoms with Gasteiger partial charge >= 0.3 is 0 Å². The first-order valence-electron chi connectivity index (χ1n) is 19.1. The molecule has 0 unspecified atom stereocenters. The summed E-state index contributed by atoms with van der Waals surface area (Å²) in [6.45, 7) is 0. The normalized spacial score (nSPS) is 12.9. The number of ether oxygens (including phenoxy) is 1. The SMILES string of the molecule is c1ccc(-c2cc(-c3ccccc3)nc(-c3ccccc3-c3ccc(-c4ccc5c(c4)Oc4ccccc4C54c5ccccc5-c5ccccc54)cc3)n2)cc1. The third kappa shape index (κ3) is 4.98. The van der Waals surface area contributed by atoms with Gasteiger partial charge in [-0.3, -0.25) is 0 Å². The van der Waals surface area contributed by atoms with Crippen molar-refractivity contribution >= 4 is 0 Å². The molecular weight excluding hydrogens is 681 g/mol. The van der Waals surface area contributed by atoms with E-state index in [1.54, 1.807) is 0 Å². The van der Waals surface area contributed by atoms with Gasteiger partial charge in [-0.15, -0.1) is 0 Å². The van der Waals surface area contributed by atoms with Crippen molar-refractivity contribution in [2.75, 3.05) is 0 Å². The summed E-state index contributed by atoms with van der Waals surface area (Å²) in [6, 6.07) is 72.9. The Morgan fingerprint density at radius 1 is 0.304 bits per heavy atom. The minimum absolute atomic E-state index is 0.469. The molecule has 56 heavy (non-hydrogen) atoms. The standard InChI is InChI=1S/C53H34N2O/c1-3-15-37(16-4-1)48-34-49(38-17-5-2-6-18-38)55-52(54-48)43-22-8-7-19-40(43)36-29-27-35(28-30-36)39-31-32-47-51(33-39)56-50-26-14-13-25-46(50)53(47)44-23-11-9-20-41(44)42-21-10-12-24-45(42)53/h1-34H. The smallest absolute Gasteiger partial charge is 0.161 e. The van der Waals surface area contributed by atoms with Crippen LogP contribution in [-0.4, -0.2) is 9.97 Å². The van der Waals surface area contributed by atoms with Gasteiger partial charge in [-0.1, -0.05) is 188 Å². The summed E-state index contributed by atoms with van der Waals surface area (Å²) in [4.78, 5) is 10.3. The molecule has 262 valence electrons. The molecule has 1 spiro atoms. The lowest BCUT2D eigenvalue weighted by atomic mass is 9.66. The first kappa shape index (κ1) is 32.1. The molecular formula is C53H34N2O. The van der Waals surface area contributed by atoms with E-state index in [0.29, 0.717) is 5.82 Å². The second-order valence-corrected chi connectivity index (χ2v) is 14.5. The second-order valence-electron chi connectivity index (χ2n) is 14.5. The van der Waals surface area contributed by atoms with Crippen LogP contribution in [-0.2, 0) is 5.41 Å². The van der Waals surface area contributed by atoms with Crippen LogP contribution >= 0.6 is 0 Å². The van der Waals surface area contributed by atoms with Gasteiger partial charge in [0.2, 0.25) is 0 Å². The molecule has 0 fully saturated rings. The zero-order chi connectivity index (χ0) is 37.1. The van der Waals surface area contributed by atoms with Gasteiger partial charge in [0.25, 0.3) is 0 Å². The third-order valence-corrected chi connectivity index (χ3v) is 11.4. The van der Waals surface area contributed by atoms with E-state index in [0.717, 1.165) is 67.4 Å². The van der Waals surface area contributed by atoms with E-state index < -0.39 is 5.41 Å². The molecule has 0 N–H and O–H groups in total. The number of fused-ring (bicyclic) bond motifs is 9. The molecule has 9 aromatic rings. The molecule has 3 heteroatoms. The second kappa shape index (κ2) is 12.9. The van der Waals surface area contributed by atoms with Crippen LogP contribution in [0, 0.1) is 0 Å². The highest BCUT2D eigenvalue weighted by atomic mass is 16.5. The third-order valence-electron chi connectivity index (χ3n) is 11.4. The Morgan fingerprint density at radius 2 is 0.768 bits per heavy atom. The molecule has 2 aliphatic rings. The summed E-state index contributed by atoms with van der Waals surface area (Å²) in [5.41, 5.74) is 16.3. The molecule has 2 heterocycles. The van der Waals surface area contributed by atoms with Gasteiger partial charge in [0, 0.05) is 27.8 Å². The summed E-state index contributed by atoms with van der Waals surface area (Å²) < 4.78 is 6.78. The van der Waals surface area contributed by atoms with Crippen molar-refractivity contribution in [1.29, 1.82) is 0 Å². The summed E-state index contributed by atoms with van der Waals surface area (Å²) in [5, 5.41) is 0. The summed E-state index contributed by atoms with van der Waals surface area (Å²) >= 11 is 0. The largest absolute Gasteiger partial charge is 0.457 e. The van der Waals surface area contributed by atoms with E-state index in [9.17, 15) is 0 Å².